The van der Waals surface area contributed by atoms with Crippen LogP contribution in [0.25, 0.3) is 0 Å². The van der Waals surface area contributed by atoms with E-state index in [1.807, 2.05) is 0 Å². The second-order valence-corrected chi connectivity index (χ2v) is 4.72. The fourth-order valence-corrected chi connectivity index (χ4v) is 1.91. The lowest BCUT2D eigenvalue weighted by molar-refractivity contribution is -0.385. The number of hydrogen-bond donors (Lipinski definition) is 0. The van der Waals surface area contributed by atoms with Crippen molar-refractivity contribution >= 4 is 29.0 Å². The minimum absolute atomic E-state index is 0.128. The number of nitrogens with zero attached hydrogens (tertiary/aromatic N) is 1. The van der Waals surface area contributed by atoms with Gasteiger partial charge in [-0.3, -0.25) is 14.9 Å². The lowest BCUT2D eigenvalue weighted by atomic mass is 10.1. The third-order valence-corrected chi connectivity index (χ3v) is 3.04. The Hall–Kier alpha value is -2.73. The number of benzene rings is 2. The summed E-state index contributed by atoms with van der Waals surface area (Å²) in [6.07, 6.45) is 0. The fourth-order valence-electron chi connectivity index (χ4n) is 1.74. The number of nitro benzene ring substituents is 1. The number of ketones is 1. The predicted octanol–water partition coefficient (Wildman–Crippen LogP) is 3.29. The number of rotatable bonds is 5. The number of halogens is 1. The Morgan fingerprint density at radius 1 is 1.14 bits per heavy atom. The zero-order valence-corrected chi connectivity index (χ0v) is 11.9. The van der Waals surface area contributed by atoms with Crippen molar-refractivity contribution in [3.8, 4) is 0 Å². The first-order chi connectivity index (χ1) is 10.5. The fraction of sp³-hybridized carbons (Fsp3) is 0.0667. The average molecular weight is 320 g/mol. The van der Waals surface area contributed by atoms with Crippen molar-refractivity contribution < 1.29 is 19.2 Å². The predicted molar refractivity (Wildman–Crippen MR) is 79.2 cm³/mol. The van der Waals surface area contributed by atoms with Crippen molar-refractivity contribution in [1.29, 1.82) is 0 Å². The smallest absolute Gasteiger partial charge is 0.345 e. The number of carbonyl (C=O) groups excluding carboxylic acids is 2. The summed E-state index contributed by atoms with van der Waals surface area (Å²) >= 11 is 5.66. The summed E-state index contributed by atoms with van der Waals surface area (Å²) in [5.74, 6) is -1.35. The number of carbonyl (C=O) groups is 2. The van der Waals surface area contributed by atoms with Gasteiger partial charge in [0.2, 0.25) is 0 Å². The Balaban J connectivity index is 2.10. The Morgan fingerprint density at radius 3 is 2.45 bits per heavy atom. The van der Waals surface area contributed by atoms with Gasteiger partial charge in [0.25, 0.3) is 5.69 Å². The van der Waals surface area contributed by atoms with Gasteiger partial charge >= 0.3 is 5.97 Å². The van der Waals surface area contributed by atoms with Gasteiger partial charge in [0.05, 0.1) is 4.92 Å². The highest BCUT2D eigenvalue weighted by Gasteiger charge is 2.22. The Kier molecular flexibility index (Phi) is 4.85. The molecule has 0 aliphatic carbocycles. The van der Waals surface area contributed by atoms with Gasteiger partial charge in [-0.1, -0.05) is 41.9 Å². The molecule has 0 amide bonds. The molecule has 0 aliphatic heterocycles. The second kappa shape index (κ2) is 6.82. The molecule has 0 saturated heterocycles. The minimum Gasteiger partial charge on any atom is -0.454 e. The van der Waals surface area contributed by atoms with E-state index in [0.29, 0.717) is 5.56 Å². The van der Waals surface area contributed by atoms with Crippen LogP contribution in [-0.4, -0.2) is 23.3 Å². The molecule has 0 aromatic heterocycles. The molecule has 0 N–H and O–H groups in total. The van der Waals surface area contributed by atoms with E-state index in [0.717, 1.165) is 6.07 Å². The number of nitro groups is 1. The Morgan fingerprint density at radius 2 is 1.82 bits per heavy atom. The van der Waals surface area contributed by atoms with Gasteiger partial charge in [0, 0.05) is 16.7 Å². The summed E-state index contributed by atoms with van der Waals surface area (Å²) in [5, 5.41) is 11.0. The maximum atomic E-state index is 11.9. The summed E-state index contributed by atoms with van der Waals surface area (Å²) in [6.45, 7) is -0.497. The van der Waals surface area contributed by atoms with E-state index in [4.69, 9.17) is 16.3 Å². The summed E-state index contributed by atoms with van der Waals surface area (Å²) in [7, 11) is 0. The SMILES string of the molecule is O=C(COC(=O)c1ccc(Cl)cc1[N+](=O)[O-])c1ccccc1. The van der Waals surface area contributed by atoms with Crippen molar-refractivity contribution in [2.24, 2.45) is 0 Å². The molecule has 0 spiro atoms. The number of hydrogen-bond acceptors (Lipinski definition) is 5. The molecule has 0 aliphatic rings. The number of Topliss-reactive ketones (excluding diaryl/α,β-unsaturated/α-hetero) is 1. The maximum absolute atomic E-state index is 11.9. The topological polar surface area (TPSA) is 86.5 Å². The van der Waals surface area contributed by atoms with E-state index in [1.54, 1.807) is 30.3 Å². The maximum Gasteiger partial charge on any atom is 0.345 e. The molecule has 22 heavy (non-hydrogen) atoms. The van der Waals surface area contributed by atoms with Crippen molar-refractivity contribution in [3.63, 3.8) is 0 Å². The van der Waals surface area contributed by atoms with Crippen LogP contribution >= 0.6 is 11.6 Å². The summed E-state index contributed by atoms with van der Waals surface area (Å²) in [4.78, 5) is 33.9. The van der Waals surface area contributed by atoms with Gasteiger partial charge in [-0.05, 0) is 12.1 Å². The largest absolute Gasteiger partial charge is 0.454 e. The number of esters is 1. The minimum atomic E-state index is -0.951. The lowest BCUT2D eigenvalue weighted by Crippen LogP contribution is -2.15. The van der Waals surface area contributed by atoms with E-state index in [1.165, 1.54) is 12.1 Å². The lowest BCUT2D eigenvalue weighted by Gasteiger charge is -2.05. The van der Waals surface area contributed by atoms with Crippen LogP contribution in [0.2, 0.25) is 5.02 Å². The molecular formula is C15H10ClNO5. The normalized spacial score (nSPS) is 10.0. The van der Waals surface area contributed by atoms with Gasteiger partial charge in [0.15, 0.2) is 12.4 Å². The summed E-state index contributed by atoms with van der Waals surface area (Å²) in [6, 6.07) is 11.9. The van der Waals surface area contributed by atoms with E-state index in [9.17, 15) is 19.7 Å². The summed E-state index contributed by atoms with van der Waals surface area (Å²) in [5.41, 5.74) is -0.333. The molecule has 0 saturated carbocycles. The molecule has 0 unspecified atom stereocenters. The van der Waals surface area contributed by atoms with Crippen LogP contribution in [0.15, 0.2) is 48.5 Å². The zero-order chi connectivity index (χ0) is 16.1. The van der Waals surface area contributed by atoms with E-state index in [2.05, 4.69) is 0 Å². The Bertz CT molecular complexity index is 730. The van der Waals surface area contributed by atoms with Crippen molar-refractivity contribution in [2.45, 2.75) is 0 Å². The Labute approximate surface area is 130 Å². The van der Waals surface area contributed by atoms with Crippen molar-refractivity contribution in [2.75, 3.05) is 6.61 Å². The molecule has 2 aromatic carbocycles. The highest BCUT2D eigenvalue weighted by molar-refractivity contribution is 6.31. The quantitative estimate of drug-likeness (QED) is 0.365. The van der Waals surface area contributed by atoms with Crippen molar-refractivity contribution in [3.05, 3.63) is 74.8 Å². The van der Waals surface area contributed by atoms with Crippen LogP contribution in [0.1, 0.15) is 20.7 Å². The summed E-state index contributed by atoms with van der Waals surface area (Å²) < 4.78 is 4.84. The molecule has 2 rings (SSSR count). The molecule has 6 nitrogen and oxygen atoms in total. The van der Waals surface area contributed by atoms with Gasteiger partial charge in [-0.2, -0.15) is 0 Å². The molecule has 0 radical (unpaired) electrons. The van der Waals surface area contributed by atoms with Gasteiger partial charge < -0.3 is 4.74 Å². The monoisotopic (exact) mass is 319 g/mol. The third-order valence-electron chi connectivity index (χ3n) is 2.81. The highest BCUT2D eigenvalue weighted by Crippen LogP contribution is 2.23. The first-order valence-corrected chi connectivity index (χ1v) is 6.56. The molecule has 0 fully saturated rings. The second-order valence-electron chi connectivity index (χ2n) is 4.28. The first kappa shape index (κ1) is 15.7. The van der Waals surface area contributed by atoms with Gasteiger partial charge in [0.1, 0.15) is 5.56 Å². The van der Waals surface area contributed by atoms with E-state index < -0.39 is 29.0 Å². The van der Waals surface area contributed by atoms with E-state index in [-0.39, 0.29) is 10.6 Å². The molecule has 2 aromatic rings. The van der Waals surface area contributed by atoms with Crippen LogP contribution in [-0.2, 0) is 4.74 Å². The molecule has 0 atom stereocenters. The molecule has 112 valence electrons. The van der Waals surface area contributed by atoms with E-state index >= 15 is 0 Å². The third kappa shape index (κ3) is 3.67. The van der Waals surface area contributed by atoms with Crippen LogP contribution in [0.5, 0.6) is 0 Å². The standard InChI is InChI=1S/C15H10ClNO5/c16-11-6-7-12(13(8-11)17(20)21)15(19)22-9-14(18)10-4-2-1-3-5-10/h1-8H,9H2. The van der Waals surface area contributed by atoms with Crippen LogP contribution < -0.4 is 0 Å². The molecule has 0 bridgehead atoms. The van der Waals surface area contributed by atoms with Gasteiger partial charge in [-0.25, -0.2) is 4.79 Å². The molecular weight excluding hydrogens is 310 g/mol. The van der Waals surface area contributed by atoms with Crippen LogP contribution in [0.3, 0.4) is 0 Å². The first-order valence-electron chi connectivity index (χ1n) is 6.18. The number of ether oxygens (including phenoxy) is 1. The van der Waals surface area contributed by atoms with Crippen LogP contribution in [0, 0.1) is 10.1 Å². The highest BCUT2D eigenvalue weighted by atomic mass is 35.5. The molecule has 7 heteroatoms. The molecule has 0 heterocycles. The van der Waals surface area contributed by atoms with Crippen LogP contribution in [0.4, 0.5) is 5.69 Å². The van der Waals surface area contributed by atoms with Crippen molar-refractivity contribution in [1.82, 2.24) is 0 Å². The van der Waals surface area contributed by atoms with Gasteiger partial charge in [-0.15, -0.1) is 0 Å². The zero-order valence-electron chi connectivity index (χ0n) is 11.2. The average Bonchev–Trinajstić information content (AvgIpc) is 2.53.